The average molecular weight is 375 g/mol. The second-order valence-electron chi connectivity index (χ2n) is 6.39. The van der Waals surface area contributed by atoms with E-state index in [0.29, 0.717) is 29.0 Å². The first-order valence-corrected chi connectivity index (χ1v) is 8.76. The van der Waals surface area contributed by atoms with Gasteiger partial charge >= 0.3 is 0 Å². The molecule has 144 valence electrons. The van der Waals surface area contributed by atoms with E-state index < -0.39 is 31.0 Å². The Morgan fingerprint density at radius 3 is 2.78 bits per heavy atom. The molecule has 10 heteroatoms. The van der Waals surface area contributed by atoms with Gasteiger partial charge in [-0.15, -0.1) is 0 Å². The molecule has 0 bridgehead atoms. The van der Waals surface area contributed by atoms with E-state index in [0.717, 1.165) is 6.42 Å². The summed E-state index contributed by atoms with van der Waals surface area (Å²) in [6.07, 6.45) is 4.78. The first-order valence-electron chi connectivity index (χ1n) is 8.76. The van der Waals surface area contributed by atoms with Crippen LogP contribution in [0.25, 0.3) is 11.1 Å². The molecule has 0 amide bonds. The van der Waals surface area contributed by atoms with Gasteiger partial charge in [0.25, 0.3) is 0 Å². The maximum absolute atomic E-state index is 10.3. The molecule has 1 saturated heterocycles. The van der Waals surface area contributed by atoms with Crippen LogP contribution >= 0.6 is 0 Å². The molecule has 0 spiro atoms. The van der Waals surface area contributed by atoms with E-state index >= 15 is 0 Å². The molecule has 0 saturated carbocycles. The molecule has 0 aliphatic carbocycles. The lowest BCUT2D eigenvalue weighted by molar-refractivity contribution is -0.0226. The van der Waals surface area contributed by atoms with E-state index in [1.807, 2.05) is 5.01 Å². The van der Waals surface area contributed by atoms with Gasteiger partial charge in [0.15, 0.2) is 11.4 Å². The number of anilines is 1. The van der Waals surface area contributed by atoms with Crippen molar-refractivity contribution in [2.75, 3.05) is 18.2 Å². The van der Waals surface area contributed by atoms with Crippen LogP contribution in [0.3, 0.4) is 0 Å². The quantitative estimate of drug-likeness (QED) is 0.555. The third-order valence-electron chi connectivity index (χ3n) is 4.66. The monoisotopic (exact) mass is 375 g/mol. The predicted molar refractivity (Wildman–Crippen MR) is 93.8 cm³/mol. The first kappa shape index (κ1) is 17.9. The molecule has 1 aliphatic heterocycles. The van der Waals surface area contributed by atoms with Crippen LogP contribution in [0.2, 0.25) is 0 Å². The van der Waals surface area contributed by atoms with Crippen LogP contribution < -0.4 is 5.01 Å². The van der Waals surface area contributed by atoms with Crippen LogP contribution in [0.4, 0.5) is 5.82 Å². The normalized spacial score (nSPS) is 25.3. The van der Waals surface area contributed by atoms with Crippen molar-refractivity contribution in [3.63, 3.8) is 0 Å². The summed E-state index contributed by atoms with van der Waals surface area (Å²) >= 11 is 0. The number of furan rings is 1. The summed E-state index contributed by atoms with van der Waals surface area (Å²) in [7, 11) is 0. The van der Waals surface area contributed by atoms with Gasteiger partial charge in [0.1, 0.15) is 42.6 Å². The van der Waals surface area contributed by atoms with Crippen LogP contribution in [0.1, 0.15) is 25.0 Å². The zero-order valence-electron chi connectivity index (χ0n) is 14.7. The molecule has 4 atom stereocenters. The highest BCUT2D eigenvalue weighted by Crippen LogP contribution is 2.38. The van der Waals surface area contributed by atoms with Gasteiger partial charge < -0.3 is 24.5 Å². The lowest BCUT2D eigenvalue weighted by Gasteiger charge is -2.23. The Balaban J connectivity index is 1.76. The van der Waals surface area contributed by atoms with E-state index in [9.17, 15) is 15.3 Å². The summed E-state index contributed by atoms with van der Waals surface area (Å²) < 4.78 is 13.1. The minimum atomic E-state index is -1.19. The summed E-state index contributed by atoms with van der Waals surface area (Å²) in [5.41, 5.74) is 1.42. The van der Waals surface area contributed by atoms with E-state index in [2.05, 4.69) is 21.9 Å². The maximum Gasteiger partial charge on any atom is 0.196 e. The van der Waals surface area contributed by atoms with E-state index in [-0.39, 0.29) is 0 Å². The third-order valence-corrected chi connectivity index (χ3v) is 4.66. The number of hydrogen-bond donors (Lipinski definition) is 3. The molecule has 10 nitrogen and oxygen atoms in total. The molecule has 1 aliphatic rings. The lowest BCUT2D eigenvalue weighted by atomic mass is 10.0. The smallest absolute Gasteiger partial charge is 0.196 e. The van der Waals surface area contributed by atoms with Crippen molar-refractivity contribution in [3.05, 3.63) is 36.9 Å². The summed E-state index contributed by atoms with van der Waals surface area (Å²) in [5.74, 6) is 0.554. The fourth-order valence-corrected chi connectivity index (χ4v) is 3.34. The van der Waals surface area contributed by atoms with Gasteiger partial charge in [-0.3, -0.25) is 5.01 Å². The highest BCUT2D eigenvalue weighted by atomic mass is 16.6. The van der Waals surface area contributed by atoms with E-state index in [4.69, 9.17) is 9.15 Å². The molecule has 1 fully saturated rings. The van der Waals surface area contributed by atoms with Gasteiger partial charge in [-0.2, -0.15) is 0 Å². The van der Waals surface area contributed by atoms with Crippen molar-refractivity contribution in [2.24, 2.45) is 0 Å². The van der Waals surface area contributed by atoms with Gasteiger partial charge in [-0.25, -0.2) is 19.6 Å². The highest BCUT2D eigenvalue weighted by molar-refractivity contribution is 5.86. The molecule has 4 heterocycles. The number of aromatic nitrogens is 4. The van der Waals surface area contributed by atoms with Crippen LogP contribution in [0.15, 0.2) is 35.7 Å². The molecule has 3 aromatic heterocycles. The van der Waals surface area contributed by atoms with E-state index in [1.165, 1.54) is 12.6 Å². The first-order chi connectivity index (χ1) is 13.2. The highest BCUT2D eigenvalue weighted by Gasteiger charge is 2.44. The third kappa shape index (κ3) is 2.96. The second-order valence-corrected chi connectivity index (χ2v) is 6.39. The van der Waals surface area contributed by atoms with Crippen LogP contribution in [-0.4, -0.2) is 66.4 Å². The Hall–Kier alpha value is -2.53. The number of aliphatic hydroxyl groups is 3. The standard InChI is InChI=1S/C17H21N5O5/c1-2-4-22(21-5-3-18-9-21)17-16-12(19-8-20-17)10(7-26-16)15-14(25)13(24)11(6-23)27-15/h3,5,7-9,11,13-15,23-25H,2,4,6H2,1H3/t11-,13-,14-,15+/m1/s1. The Labute approximate surface area is 154 Å². The van der Waals surface area contributed by atoms with Crippen molar-refractivity contribution in [3.8, 4) is 0 Å². The number of fused-ring (bicyclic) bond motifs is 1. The molecule has 3 N–H and O–H groups in total. The van der Waals surface area contributed by atoms with Gasteiger partial charge in [-0.05, 0) is 6.42 Å². The van der Waals surface area contributed by atoms with Crippen molar-refractivity contribution in [1.29, 1.82) is 0 Å². The average Bonchev–Trinajstić information content (AvgIpc) is 3.41. The largest absolute Gasteiger partial charge is 0.458 e. The molecular formula is C17H21N5O5. The summed E-state index contributed by atoms with van der Waals surface area (Å²) in [6.45, 7) is 2.33. The second kappa shape index (κ2) is 7.24. The number of ether oxygens (including phenoxy) is 1. The number of rotatable bonds is 6. The van der Waals surface area contributed by atoms with Gasteiger partial charge in [0.2, 0.25) is 0 Å². The molecule has 4 rings (SSSR count). The van der Waals surface area contributed by atoms with Crippen molar-refractivity contribution >= 4 is 16.9 Å². The Morgan fingerprint density at radius 1 is 1.26 bits per heavy atom. The number of nitrogens with zero attached hydrogens (tertiary/aromatic N) is 5. The SMILES string of the molecule is CCCN(c1ncnc2c([C@@H]3O[C@H](CO)[C@@H](O)[C@H]3O)coc12)n1ccnc1. The minimum absolute atomic E-state index is 0.393. The molecule has 3 aromatic rings. The van der Waals surface area contributed by atoms with Crippen LogP contribution in [0, 0.1) is 0 Å². The Bertz CT molecular complexity index is 898. The zero-order valence-corrected chi connectivity index (χ0v) is 14.7. The van der Waals surface area contributed by atoms with Crippen molar-refractivity contribution in [2.45, 2.75) is 37.8 Å². The fourth-order valence-electron chi connectivity index (χ4n) is 3.34. The summed E-state index contributed by atoms with van der Waals surface area (Å²) in [5, 5.41) is 31.5. The van der Waals surface area contributed by atoms with Gasteiger partial charge in [0, 0.05) is 24.5 Å². The molecule has 0 unspecified atom stereocenters. The van der Waals surface area contributed by atoms with Crippen molar-refractivity contribution < 1.29 is 24.5 Å². The minimum Gasteiger partial charge on any atom is -0.458 e. The zero-order chi connectivity index (χ0) is 19.0. The Kier molecular flexibility index (Phi) is 4.79. The number of aliphatic hydroxyl groups excluding tert-OH is 3. The fraction of sp³-hybridized carbons (Fsp3) is 0.471. The summed E-state index contributed by atoms with van der Waals surface area (Å²) in [6, 6.07) is 0. The number of hydrogen-bond acceptors (Lipinski definition) is 9. The van der Waals surface area contributed by atoms with Crippen molar-refractivity contribution in [1.82, 2.24) is 19.6 Å². The van der Waals surface area contributed by atoms with Crippen LogP contribution in [-0.2, 0) is 4.74 Å². The molecule has 0 radical (unpaired) electrons. The molecule has 27 heavy (non-hydrogen) atoms. The summed E-state index contributed by atoms with van der Waals surface area (Å²) in [4.78, 5) is 12.7. The number of imidazole rings is 1. The lowest BCUT2D eigenvalue weighted by Crippen LogP contribution is -2.32. The Morgan fingerprint density at radius 2 is 2.11 bits per heavy atom. The molecule has 0 aromatic carbocycles. The molecular weight excluding hydrogens is 354 g/mol. The van der Waals surface area contributed by atoms with E-state index in [1.54, 1.807) is 23.4 Å². The van der Waals surface area contributed by atoms with Gasteiger partial charge in [0.05, 0.1) is 12.9 Å². The predicted octanol–water partition coefficient (Wildman–Crippen LogP) is 0.253. The van der Waals surface area contributed by atoms with Crippen LogP contribution in [0.5, 0.6) is 0 Å². The van der Waals surface area contributed by atoms with Gasteiger partial charge in [-0.1, -0.05) is 6.92 Å². The maximum atomic E-state index is 10.3. The topological polar surface area (TPSA) is 130 Å².